The van der Waals surface area contributed by atoms with Gasteiger partial charge in [-0.3, -0.25) is 9.59 Å². The Labute approximate surface area is 98.2 Å². The summed E-state index contributed by atoms with van der Waals surface area (Å²) in [7, 11) is 0. The van der Waals surface area contributed by atoms with Crippen LogP contribution in [0, 0.1) is 6.92 Å². The number of carbonyl (C=O) groups is 2. The summed E-state index contributed by atoms with van der Waals surface area (Å²) in [5.74, 6) is -0.556. The minimum absolute atomic E-state index is 0.0585. The summed E-state index contributed by atoms with van der Waals surface area (Å²) < 4.78 is 0. The van der Waals surface area contributed by atoms with Crippen molar-refractivity contribution in [3.63, 3.8) is 0 Å². The highest BCUT2D eigenvalue weighted by Gasteiger charge is 2.04. The molecule has 0 atom stereocenters. The average molecular weight is 242 g/mol. The molecule has 6 heteroatoms. The van der Waals surface area contributed by atoms with Gasteiger partial charge in [-0.2, -0.15) is 0 Å². The maximum absolute atomic E-state index is 11.3. The number of nitrogens with zero attached hydrogens (tertiary/aromatic N) is 1. The van der Waals surface area contributed by atoms with Crippen molar-refractivity contribution in [3.8, 4) is 0 Å². The quantitative estimate of drug-likeness (QED) is 0.779. The number of pyridine rings is 1. The molecule has 0 aliphatic heterocycles. The summed E-state index contributed by atoms with van der Waals surface area (Å²) in [6, 6.07) is 1.71. The van der Waals surface area contributed by atoms with Crippen LogP contribution in [0.1, 0.15) is 12.5 Å². The highest BCUT2D eigenvalue weighted by molar-refractivity contribution is 6.30. The number of amides is 2. The maximum Gasteiger partial charge on any atom is 0.243 e. The largest absolute Gasteiger partial charge is 0.347 e. The van der Waals surface area contributed by atoms with Gasteiger partial charge in [0.2, 0.25) is 11.8 Å². The Morgan fingerprint density at radius 1 is 1.50 bits per heavy atom. The van der Waals surface area contributed by atoms with Crippen molar-refractivity contribution in [1.82, 2.24) is 10.3 Å². The average Bonchev–Trinajstić information content (AvgIpc) is 2.21. The molecule has 0 saturated carbocycles. The molecule has 0 fully saturated rings. The van der Waals surface area contributed by atoms with Gasteiger partial charge < -0.3 is 10.6 Å². The first-order valence-electron chi connectivity index (χ1n) is 4.65. The highest BCUT2D eigenvalue weighted by Crippen LogP contribution is 2.15. The van der Waals surface area contributed by atoms with E-state index in [0.717, 1.165) is 5.56 Å². The lowest BCUT2D eigenvalue weighted by Gasteiger charge is -2.06. The minimum Gasteiger partial charge on any atom is -0.347 e. The van der Waals surface area contributed by atoms with Gasteiger partial charge in [0.15, 0.2) is 0 Å². The van der Waals surface area contributed by atoms with Crippen molar-refractivity contribution in [1.29, 1.82) is 0 Å². The topological polar surface area (TPSA) is 71.1 Å². The van der Waals surface area contributed by atoms with Crippen molar-refractivity contribution in [2.24, 2.45) is 0 Å². The van der Waals surface area contributed by atoms with E-state index in [1.54, 1.807) is 13.0 Å². The van der Waals surface area contributed by atoms with Gasteiger partial charge >= 0.3 is 0 Å². The van der Waals surface area contributed by atoms with Crippen LogP contribution in [0.2, 0.25) is 5.15 Å². The van der Waals surface area contributed by atoms with E-state index in [1.807, 2.05) is 0 Å². The molecule has 1 aromatic rings. The Balaban J connectivity index is 2.56. The van der Waals surface area contributed by atoms with Gasteiger partial charge in [-0.25, -0.2) is 4.98 Å². The van der Waals surface area contributed by atoms with E-state index in [2.05, 4.69) is 15.6 Å². The summed E-state index contributed by atoms with van der Waals surface area (Å²) in [4.78, 5) is 25.8. The van der Waals surface area contributed by atoms with Crippen molar-refractivity contribution >= 4 is 29.1 Å². The fraction of sp³-hybridized carbons (Fsp3) is 0.300. The van der Waals surface area contributed by atoms with E-state index >= 15 is 0 Å². The molecule has 0 aliphatic carbocycles. The fourth-order valence-corrected chi connectivity index (χ4v) is 1.14. The molecule has 1 aromatic heterocycles. The van der Waals surface area contributed by atoms with Crippen LogP contribution in [0.5, 0.6) is 0 Å². The van der Waals surface area contributed by atoms with Crippen LogP contribution >= 0.6 is 11.6 Å². The van der Waals surface area contributed by atoms with E-state index < -0.39 is 0 Å². The van der Waals surface area contributed by atoms with Gasteiger partial charge in [0.1, 0.15) is 5.15 Å². The summed E-state index contributed by atoms with van der Waals surface area (Å²) in [6.07, 6.45) is 1.46. The van der Waals surface area contributed by atoms with Crippen molar-refractivity contribution in [2.75, 3.05) is 11.9 Å². The molecule has 0 unspecified atom stereocenters. The predicted octanol–water partition coefficient (Wildman–Crippen LogP) is 1.12. The highest BCUT2D eigenvalue weighted by atomic mass is 35.5. The van der Waals surface area contributed by atoms with Crippen molar-refractivity contribution in [3.05, 3.63) is 23.0 Å². The molecule has 2 amide bonds. The smallest absolute Gasteiger partial charge is 0.243 e. The molecule has 0 bridgehead atoms. The number of carbonyl (C=O) groups excluding carboxylic acids is 2. The second-order valence-electron chi connectivity index (χ2n) is 3.29. The second-order valence-corrected chi connectivity index (χ2v) is 3.65. The van der Waals surface area contributed by atoms with Crippen LogP contribution < -0.4 is 10.6 Å². The SMILES string of the molecule is CC(=O)NCC(=O)Nc1cnc(Cl)c(C)c1. The standard InChI is InChI=1S/C10H12ClN3O2/c1-6-3-8(4-13-10(6)11)14-9(16)5-12-7(2)15/h3-4H,5H2,1-2H3,(H,12,15)(H,14,16). The molecule has 5 nitrogen and oxygen atoms in total. The van der Waals surface area contributed by atoms with Crippen molar-refractivity contribution in [2.45, 2.75) is 13.8 Å². The second kappa shape index (κ2) is 5.46. The first-order chi connectivity index (χ1) is 7.49. The number of hydrogen-bond donors (Lipinski definition) is 2. The number of nitrogens with one attached hydrogen (secondary N) is 2. The molecule has 86 valence electrons. The number of aromatic nitrogens is 1. The Morgan fingerprint density at radius 2 is 2.19 bits per heavy atom. The molecule has 0 aromatic carbocycles. The van der Waals surface area contributed by atoms with E-state index in [4.69, 9.17) is 11.6 Å². The molecule has 16 heavy (non-hydrogen) atoms. The first-order valence-corrected chi connectivity index (χ1v) is 5.03. The van der Waals surface area contributed by atoms with E-state index in [0.29, 0.717) is 10.8 Å². The predicted molar refractivity (Wildman–Crippen MR) is 61.3 cm³/mol. The molecule has 0 aliphatic rings. The monoisotopic (exact) mass is 241 g/mol. The molecular formula is C10H12ClN3O2. The normalized spacial score (nSPS) is 9.69. The lowest BCUT2D eigenvalue weighted by Crippen LogP contribution is -2.31. The minimum atomic E-state index is -0.307. The number of hydrogen-bond acceptors (Lipinski definition) is 3. The van der Waals surface area contributed by atoms with Crippen LogP contribution in [-0.2, 0) is 9.59 Å². The Kier molecular flexibility index (Phi) is 4.25. The molecule has 1 rings (SSSR count). The molecule has 0 radical (unpaired) electrons. The molecule has 0 spiro atoms. The Hall–Kier alpha value is -1.62. The Bertz CT molecular complexity index is 421. The van der Waals surface area contributed by atoms with E-state index in [9.17, 15) is 9.59 Å². The van der Waals surface area contributed by atoms with Gasteiger partial charge in [0, 0.05) is 6.92 Å². The van der Waals surface area contributed by atoms with Crippen LogP contribution in [0.4, 0.5) is 5.69 Å². The molecule has 0 saturated heterocycles. The maximum atomic E-state index is 11.3. The summed E-state index contributed by atoms with van der Waals surface area (Å²) in [5, 5.41) is 5.39. The summed E-state index contributed by atoms with van der Waals surface area (Å²) in [6.45, 7) is 3.08. The fourth-order valence-electron chi connectivity index (χ4n) is 1.04. The van der Waals surface area contributed by atoms with Crippen LogP contribution in [-0.4, -0.2) is 23.3 Å². The van der Waals surface area contributed by atoms with Gasteiger partial charge in [-0.15, -0.1) is 0 Å². The summed E-state index contributed by atoms with van der Waals surface area (Å²) >= 11 is 5.74. The zero-order valence-corrected chi connectivity index (χ0v) is 9.76. The molecule has 2 N–H and O–H groups in total. The van der Waals surface area contributed by atoms with Gasteiger partial charge in [-0.05, 0) is 18.6 Å². The van der Waals surface area contributed by atoms with E-state index in [-0.39, 0.29) is 18.4 Å². The number of anilines is 1. The third kappa shape index (κ3) is 3.86. The van der Waals surface area contributed by atoms with Gasteiger partial charge in [0.05, 0.1) is 18.4 Å². The van der Waals surface area contributed by atoms with Crippen LogP contribution in [0.25, 0.3) is 0 Å². The Morgan fingerprint density at radius 3 is 2.75 bits per heavy atom. The van der Waals surface area contributed by atoms with E-state index in [1.165, 1.54) is 13.1 Å². The lowest BCUT2D eigenvalue weighted by molar-refractivity contribution is -0.122. The number of aryl methyl sites for hydroxylation is 1. The number of rotatable bonds is 3. The first kappa shape index (κ1) is 12.4. The third-order valence-electron chi connectivity index (χ3n) is 1.80. The van der Waals surface area contributed by atoms with Gasteiger partial charge in [0.25, 0.3) is 0 Å². The van der Waals surface area contributed by atoms with Gasteiger partial charge in [-0.1, -0.05) is 11.6 Å². The molecule has 1 heterocycles. The van der Waals surface area contributed by atoms with Crippen LogP contribution in [0.3, 0.4) is 0 Å². The zero-order chi connectivity index (χ0) is 12.1. The van der Waals surface area contributed by atoms with Crippen molar-refractivity contribution < 1.29 is 9.59 Å². The summed E-state index contributed by atoms with van der Waals surface area (Å²) in [5.41, 5.74) is 1.33. The lowest BCUT2D eigenvalue weighted by atomic mass is 10.3. The zero-order valence-electron chi connectivity index (χ0n) is 9.00. The molecular weight excluding hydrogens is 230 g/mol. The third-order valence-corrected chi connectivity index (χ3v) is 2.19. The number of halogens is 1. The van der Waals surface area contributed by atoms with Crippen LogP contribution in [0.15, 0.2) is 12.3 Å².